The van der Waals surface area contributed by atoms with Gasteiger partial charge in [0, 0.05) is 20.0 Å². The van der Waals surface area contributed by atoms with Crippen molar-refractivity contribution < 1.29 is 4.79 Å². The largest absolute Gasteiger partial charge is 0.341 e. The van der Waals surface area contributed by atoms with Crippen LogP contribution in [0, 0.1) is 17.2 Å². The lowest BCUT2D eigenvalue weighted by atomic mass is 10.1. The summed E-state index contributed by atoms with van der Waals surface area (Å²) in [5, 5.41) is 8.70. The lowest BCUT2D eigenvalue weighted by Gasteiger charge is -2.19. The molecule has 0 saturated heterocycles. The Morgan fingerprint density at radius 2 is 2.06 bits per heavy atom. The Balaban J connectivity index is 2.55. The van der Waals surface area contributed by atoms with Gasteiger partial charge in [-0.3, -0.25) is 4.79 Å². The molecule has 0 bridgehead atoms. The first kappa shape index (κ1) is 14.2. The van der Waals surface area contributed by atoms with Gasteiger partial charge in [0.15, 0.2) is 0 Å². The summed E-state index contributed by atoms with van der Waals surface area (Å²) >= 11 is 0. The fourth-order valence-electron chi connectivity index (χ4n) is 1.58. The molecule has 0 spiro atoms. The predicted molar refractivity (Wildman–Crippen MR) is 70.5 cm³/mol. The van der Waals surface area contributed by atoms with E-state index >= 15 is 0 Å². The Bertz CT molecular complexity index is 433. The van der Waals surface area contributed by atoms with Gasteiger partial charge in [-0.15, -0.1) is 0 Å². The van der Waals surface area contributed by atoms with Crippen molar-refractivity contribution in [2.24, 2.45) is 11.7 Å². The number of rotatable bonds is 5. The van der Waals surface area contributed by atoms with Crippen molar-refractivity contribution in [2.75, 3.05) is 13.6 Å². The van der Waals surface area contributed by atoms with Gasteiger partial charge in [-0.25, -0.2) is 0 Å². The quantitative estimate of drug-likeness (QED) is 0.854. The van der Waals surface area contributed by atoms with Crippen LogP contribution in [0.25, 0.3) is 0 Å². The fourth-order valence-corrected chi connectivity index (χ4v) is 1.58. The first-order chi connectivity index (χ1) is 8.56. The van der Waals surface area contributed by atoms with Crippen molar-refractivity contribution in [2.45, 2.75) is 19.9 Å². The number of benzene rings is 1. The molecule has 96 valence electrons. The van der Waals surface area contributed by atoms with E-state index in [1.165, 1.54) is 0 Å². The number of hydrogen-bond acceptors (Lipinski definition) is 3. The average molecular weight is 245 g/mol. The second kappa shape index (κ2) is 6.77. The number of hydrogen-bond donors (Lipinski definition) is 1. The maximum absolute atomic E-state index is 11.9. The molecule has 0 saturated carbocycles. The van der Waals surface area contributed by atoms with Crippen LogP contribution in [0.4, 0.5) is 0 Å². The van der Waals surface area contributed by atoms with Gasteiger partial charge in [0.05, 0.1) is 11.6 Å². The van der Waals surface area contributed by atoms with E-state index in [4.69, 9.17) is 11.0 Å². The van der Waals surface area contributed by atoms with Gasteiger partial charge in [0.25, 0.3) is 0 Å². The number of nitrogens with two attached hydrogens (primary N) is 1. The number of nitriles is 1. The molecule has 1 aromatic rings. The zero-order valence-corrected chi connectivity index (χ0v) is 10.9. The Hall–Kier alpha value is -1.86. The molecule has 1 aromatic carbocycles. The van der Waals surface area contributed by atoms with E-state index < -0.39 is 0 Å². The van der Waals surface area contributed by atoms with Gasteiger partial charge in [0.2, 0.25) is 5.91 Å². The molecule has 1 unspecified atom stereocenters. The van der Waals surface area contributed by atoms with E-state index in [2.05, 4.69) is 6.07 Å². The third kappa shape index (κ3) is 4.19. The molecule has 0 aliphatic heterocycles. The van der Waals surface area contributed by atoms with E-state index in [9.17, 15) is 4.79 Å². The molecule has 1 rings (SSSR count). The molecule has 1 amide bonds. The number of amides is 1. The molecular weight excluding hydrogens is 226 g/mol. The van der Waals surface area contributed by atoms with Crippen LogP contribution in [0.15, 0.2) is 24.3 Å². The smallest absolute Gasteiger partial charge is 0.222 e. The summed E-state index contributed by atoms with van der Waals surface area (Å²) < 4.78 is 0. The molecule has 4 heteroatoms. The number of carbonyl (C=O) groups is 1. The third-order valence-corrected chi connectivity index (χ3v) is 2.85. The van der Waals surface area contributed by atoms with Crippen LogP contribution in [-0.2, 0) is 11.3 Å². The van der Waals surface area contributed by atoms with Gasteiger partial charge in [0.1, 0.15) is 0 Å². The first-order valence-corrected chi connectivity index (χ1v) is 6.00. The monoisotopic (exact) mass is 245 g/mol. The van der Waals surface area contributed by atoms with Crippen LogP contribution in [0.2, 0.25) is 0 Å². The second-order valence-corrected chi connectivity index (χ2v) is 4.60. The van der Waals surface area contributed by atoms with Crippen molar-refractivity contribution >= 4 is 5.91 Å². The summed E-state index contributed by atoms with van der Waals surface area (Å²) in [7, 11) is 1.78. The molecule has 0 fully saturated rings. The Labute approximate surface area is 108 Å². The molecule has 2 N–H and O–H groups in total. The van der Waals surface area contributed by atoms with E-state index in [0.29, 0.717) is 25.1 Å². The maximum atomic E-state index is 11.9. The van der Waals surface area contributed by atoms with Crippen LogP contribution >= 0.6 is 0 Å². The summed E-state index contributed by atoms with van der Waals surface area (Å²) in [4.78, 5) is 13.5. The molecule has 0 aliphatic rings. The van der Waals surface area contributed by atoms with Gasteiger partial charge in [-0.05, 0) is 30.2 Å². The van der Waals surface area contributed by atoms with E-state index in [0.717, 1.165) is 5.56 Å². The molecule has 4 nitrogen and oxygen atoms in total. The number of carbonyl (C=O) groups excluding carboxylic acids is 1. The maximum Gasteiger partial charge on any atom is 0.222 e. The lowest BCUT2D eigenvalue weighted by molar-refractivity contribution is -0.131. The second-order valence-electron chi connectivity index (χ2n) is 4.60. The van der Waals surface area contributed by atoms with Gasteiger partial charge < -0.3 is 10.6 Å². The zero-order chi connectivity index (χ0) is 13.5. The summed E-state index contributed by atoms with van der Waals surface area (Å²) in [6.07, 6.45) is 0.475. The highest BCUT2D eigenvalue weighted by Crippen LogP contribution is 2.09. The molecule has 0 radical (unpaired) electrons. The van der Waals surface area contributed by atoms with Gasteiger partial charge >= 0.3 is 0 Å². The highest BCUT2D eigenvalue weighted by Gasteiger charge is 2.12. The first-order valence-electron chi connectivity index (χ1n) is 6.00. The predicted octanol–water partition coefficient (Wildman–Crippen LogP) is 1.50. The molecule has 0 aliphatic carbocycles. The summed E-state index contributed by atoms with van der Waals surface area (Å²) in [5.41, 5.74) is 7.15. The molecule has 0 aromatic heterocycles. The highest BCUT2D eigenvalue weighted by molar-refractivity contribution is 5.76. The summed E-state index contributed by atoms with van der Waals surface area (Å²) in [5.74, 6) is 0.304. The topological polar surface area (TPSA) is 70.1 Å². The Kier molecular flexibility index (Phi) is 5.34. The van der Waals surface area contributed by atoms with Crippen molar-refractivity contribution in [3.8, 4) is 6.07 Å². The number of nitrogens with zero attached hydrogens (tertiary/aromatic N) is 2. The molecule has 18 heavy (non-hydrogen) atoms. The van der Waals surface area contributed by atoms with Crippen molar-refractivity contribution in [3.05, 3.63) is 35.4 Å². The van der Waals surface area contributed by atoms with Crippen LogP contribution in [0.3, 0.4) is 0 Å². The Morgan fingerprint density at radius 3 is 2.56 bits per heavy atom. The SMILES string of the molecule is CC(CN)CC(=O)N(C)Cc1ccc(C#N)cc1. The zero-order valence-electron chi connectivity index (χ0n) is 10.9. The summed E-state index contributed by atoms with van der Waals surface area (Å²) in [6.45, 7) is 3.05. The minimum Gasteiger partial charge on any atom is -0.341 e. The molecular formula is C14H19N3O. The summed E-state index contributed by atoms with van der Waals surface area (Å²) in [6, 6.07) is 9.33. The van der Waals surface area contributed by atoms with E-state index in [1.807, 2.05) is 19.1 Å². The van der Waals surface area contributed by atoms with Crippen LogP contribution in [0.5, 0.6) is 0 Å². The molecule has 1 atom stereocenters. The van der Waals surface area contributed by atoms with E-state index in [1.54, 1.807) is 24.1 Å². The van der Waals surface area contributed by atoms with Crippen molar-refractivity contribution in [1.82, 2.24) is 4.90 Å². The third-order valence-electron chi connectivity index (χ3n) is 2.85. The molecule has 0 heterocycles. The average Bonchev–Trinajstić information content (AvgIpc) is 2.39. The minimum atomic E-state index is 0.0947. The minimum absolute atomic E-state index is 0.0947. The fraction of sp³-hybridized carbons (Fsp3) is 0.429. The van der Waals surface area contributed by atoms with Crippen molar-refractivity contribution in [3.63, 3.8) is 0 Å². The van der Waals surface area contributed by atoms with Gasteiger partial charge in [-0.1, -0.05) is 19.1 Å². The van der Waals surface area contributed by atoms with E-state index in [-0.39, 0.29) is 11.8 Å². The van der Waals surface area contributed by atoms with Crippen LogP contribution in [-0.4, -0.2) is 24.4 Å². The Morgan fingerprint density at radius 1 is 1.44 bits per heavy atom. The standard InChI is InChI=1S/C14H19N3O/c1-11(8-15)7-14(18)17(2)10-13-5-3-12(9-16)4-6-13/h3-6,11H,7-8,10,15H2,1-2H3. The van der Waals surface area contributed by atoms with Crippen LogP contribution < -0.4 is 5.73 Å². The highest BCUT2D eigenvalue weighted by atomic mass is 16.2. The normalized spacial score (nSPS) is 11.7. The van der Waals surface area contributed by atoms with Gasteiger partial charge in [-0.2, -0.15) is 5.26 Å². The lowest BCUT2D eigenvalue weighted by Crippen LogP contribution is -2.29. The van der Waals surface area contributed by atoms with Crippen molar-refractivity contribution in [1.29, 1.82) is 5.26 Å². The van der Waals surface area contributed by atoms with Crippen LogP contribution in [0.1, 0.15) is 24.5 Å².